The lowest BCUT2D eigenvalue weighted by molar-refractivity contribution is 0.838. The van der Waals surface area contributed by atoms with E-state index in [1.807, 2.05) is 0 Å². The Kier molecular flexibility index (Phi) is 4.49. The predicted molar refractivity (Wildman–Crippen MR) is 89.1 cm³/mol. The van der Waals surface area contributed by atoms with Crippen molar-refractivity contribution in [2.75, 3.05) is 5.32 Å². The van der Waals surface area contributed by atoms with Gasteiger partial charge in [-0.05, 0) is 42.0 Å². The van der Waals surface area contributed by atoms with Gasteiger partial charge in [-0.25, -0.2) is 0 Å². The van der Waals surface area contributed by atoms with Crippen LogP contribution in [0.4, 0.5) is 11.4 Å². The van der Waals surface area contributed by atoms with Gasteiger partial charge in [0.1, 0.15) is 0 Å². The monoisotopic (exact) mass is 267 g/mol. The Balaban J connectivity index is 2.44. The van der Waals surface area contributed by atoms with Crippen molar-refractivity contribution in [3.8, 4) is 0 Å². The Morgan fingerprint density at radius 3 is 1.70 bits per heavy atom. The molecule has 0 bridgehead atoms. The number of hydrogen-bond acceptors (Lipinski definition) is 1. The van der Waals surface area contributed by atoms with E-state index in [4.69, 9.17) is 0 Å². The molecule has 2 aromatic rings. The van der Waals surface area contributed by atoms with Crippen LogP contribution in [0.15, 0.2) is 42.5 Å². The summed E-state index contributed by atoms with van der Waals surface area (Å²) in [7, 11) is 0. The first kappa shape index (κ1) is 14.6. The normalized spacial score (nSPS) is 11.2. The van der Waals surface area contributed by atoms with Crippen molar-refractivity contribution in [1.82, 2.24) is 0 Å². The zero-order valence-electron chi connectivity index (χ0n) is 13.2. The van der Waals surface area contributed by atoms with Crippen LogP contribution in [-0.2, 0) is 0 Å². The summed E-state index contributed by atoms with van der Waals surface area (Å²) < 4.78 is 0. The smallest absolute Gasteiger partial charge is 0.0454 e. The van der Waals surface area contributed by atoms with Crippen molar-refractivity contribution in [2.24, 2.45) is 0 Å². The number of nitrogens with one attached hydrogen (secondary N) is 1. The molecule has 2 rings (SSSR count). The summed E-state index contributed by atoms with van der Waals surface area (Å²) in [5, 5.41) is 3.63. The average molecular weight is 267 g/mol. The lowest BCUT2D eigenvalue weighted by Gasteiger charge is -2.21. The minimum Gasteiger partial charge on any atom is -0.355 e. The highest BCUT2D eigenvalue weighted by atomic mass is 14.9. The lowest BCUT2D eigenvalue weighted by atomic mass is 9.92. The fourth-order valence-corrected chi connectivity index (χ4v) is 2.48. The molecule has 106 valence electrons. The van der Waals surface area contributed by atoms with Crippen LogP contribution in [0.25, 0.3) is 0 Å². The largest absolute Gasteiger partial charge is 0.355 e. The van der Waals surface area contributed by atoms with Crippen LogP contribution >= 0.6 is 0 Å². The predicted octanol–water partition coefficient (Wildman–Crippen LogP) is 5.99. The second-order valence-electron chi connectivity index (χ2n) is 6.11. The first-order chi connectivity index (χ1) is 9.49. The second kappa shape index (κ2) is 6.13. The minimum atomic E-state index is 0.515. The van der Waals surface area contributed by atoms with Crippen LogP contribution in [-0.4, -0.2) is 0 Å². The van der Waals surface area contributed by atoms with Crippen LogP contribution in [0, 0.1) is 6.92 Å². The van der Waals surface area contributed by atoms with Crippen molar-refractivity contribution >= 4 is 11.4 Å². The van der Waals surface area contributed by atoms with E-state index in [-0.39, 0.29) is 0 Å². The highest BCUT2D eigenvalue weighted by Crippen LogP contribution is 2.34. The van der Waals surface area contributed by atoms with Crippen molar-refractivity contribution in [3.63, 3.8) is 0 Å². The molecule has 0 heterocycles. The first-order valence-corrected chi connectivity index (χ1v) is 7.45. The van der Waals surface area contributed by atoms with Crippen molar-refractivity contribution < 1.29 is 0 Å². The fourth-order valence-electron chi connectivity index (χ4n) is 2.48. The van der Waals surface area contributed by atoms with E-state index in [9.17, 15) is 0 Å². The van der Waals surface area contributed by atoms with Crippen molar-refractivity contribution in [3.05, 3.63) is 59.2 Å². The molecule has 1 N–H and O–H groups in total. The number of anilines is 2. The molecule has 0 aromatic heterocycles. The van der Waals surface area contributed by atoms with Gasteiger partial charge in [0.15, 0.2) is 0 Å². The fraction of sp³-hybridized carbons (Fsp3) is 0.368. The van der Waals surface area contributed by atoms with E-state index in [0.717, 1.165) is 5.69 Å². The minimum absolute atomic E-state index is 0.515. The average Bonchev–Trinajstić information content (AvgIpc) is 2.41. The van der Waals surface area contributed by atoms with Gasteiger partial charge in [0.25, 0.3) is 0 Å². The number of benzene rings is 2. The number of rotatable bonds is 4. The summed E-state index contributed by atoms with van der Waals surface area (Å²) in [5.41, 5.74) is 6.50. The van der Waals surface area contributed by atoms with Crippen LogP contribution in [0.1, 0.15) is 56.2 Å². The summed E-state index contributed by atoms with van der Waals surface area (Å²) in [6.45, 7) is 11.1. The summed E-state index contributed by atoms with van der Waals surface area (Å²) in [5.74, 6) is 1.03. The van der Waals surface area contributed by atoms with Gasteiger partial charge in [-0.1, -0.05) is 63.6 Å². The quantitative estimate of drug-likeness (QED) is 0.718. The molecule has 0 unspecified atom stereocenters. The van der Waals surface area contributed by atoms with Crippen LogP contribution in [0.5, 0.6) is 0 Å². The zero-order valence-corrected chi connectivity index (χ0v) is 13.2. The Bertz CT molecular complexity index is 539. The molecular weight excluding hydrogens is 242 g/mol. The Hall–Kier alpha value is -1.76. The van der Waals surface area contributed by atoms with E-state index in [0.29, 0.717) is 11.8 Å². The Morgan fingerprint density at radius 2 is 1.25 bits per heavy atom. The van der Waals surface area contributed by atoms with Gasteiger partial charge in [0, 0.05) is 11.4 Å². The molecule has 0 fully saturated rings. The molecule has 0 saturated carbocycles. The molecule has 0 aliphatic rings. The lowest BCUT2D eigenvalue weighted by Crippen LogP contribution is -2.03. The SMILES string of the molecule is Cc1ccc(Nc2c(C(C)C)cccc2C(C)C)cc1. The second-order valence-corrected chi connectivity index (χ2v) is 6.11. The molecule has 0 spiro atoms. The van der Waals surface area contributed by atoms with E-state index < -0.39 is 0 Å². The molecule has 0 saturated heterocycles. The number of aryl methyl sites for hydroxylation is 1. The van der Waals surface area contributed by atoms with E-state index in [1.54, 1.807) is 0 Å². The van der Waals surface area contributed by atoms with Gasteiger partial charge in [-0.3, -0.25) is 0 Å². The van der Waals surface area contributed by atoms with Gasteiger partial charge in [-0.2, -0.15) is 0 Å². The maximum absolute atomic E-state index is 3.63. The van der Waals surface area contributed by atoms with Gasteiger partial charge in [0.2, 0.25) is 0 Å². The molecule has 20 heavy (non-hydrogen) atoms. The Morgan fingerprint density at radius 1 is 0.750 bits per heavy atom. The van der Waals surface area contributed by atoms with Crippen molar-refractivity contribution in [1.29, 1.82) is 0 Å². The number of para-hydroxylation sites is 1. The summed E-state index contributed by atoms with van der Waals surface area (Å²) in [6, 6.07) is 15.2. The van der Waals surface area contributed by atoms with E-state index in [1.165, 1.54) is 22.4 Å². The van der Waals surface area contributed by atoms with Gasteiger partial charge in [-0.15, -0.1) is 0 Å². The molecule has 0 amide bonds. The molecule has 0 aliphatic heterocycles. The van der Waals surface area contributed by atoms with Gasteiger partial charge in [0.05, 0.1) is 0 Å². The first-order valence-electron chi connectivity index (χ1n) is 7.45. The van der Waals surface area contributed by atoms with E-state index in [2.05, 4.69) is 82.4 Å². The molecule has 2 aromatic carbocycles. The Labute approximate surface area is 123 Å². The maximum atomic E-state index is 3.63. The topological polar surface area (TPSA) is 12.0 Å². The molecule has 0 radical (unpaired) electrons. The third-order valence-electron chi connectivity index (χ3n) is 3.69. The highest BCUT2D eigenvalue weighted by molar-refractivity contribution is 5.68. The van der Waals surface area contributed by atoms with Crippen LogP contribution in [0.2, 0.25) is 0 Å². The standard InChI is InChI=1S/C19H25N/c1-13(2)17-7-6-8-18(14(3)4)19(17)20-16-11-9-15(5)10-12-16/h6-14,20H,1-5H3. The molecule has 0 aliphatic carbocycles. The van der Waals surface area contributed by atoms with Gasteiger partial charge >= 0.3 is 0 Å². The summed E-state index contributed by atoms with van der Waals surface area (Å²) >= 11 is 0. The van der Waals surface area contributed by atoms with Gasteiger partial charge < -0.3 is 5.32 Å². The molecular formula is C19H25N. The summed E-state index contributed by atoms with van der Waals surface area (Å²) in [4.78, 5) is 0. The van der Waals surface area contributed by atoms with Crippen molar-refractivity contribution in [2.45, 2.75) is 46.5 Å². The maximum Gasteiger partial charge on any atom is 0.0454 e. The van der Waals surface area contributed by atoms with Crippen LogP contribution in [0.3, 0.4) is 0 Å². The number of hydrogen-bond donors (Lipinski definition) is 1. The molecule has 1 nitrogen and oxygen atoms in total. The van der Waals surface area contributed by atoms with Crippen LogP contribution < -0.4 is 5.32 Å². The third kappa shape index (κ3) is 3.22. The molecule has 1 heteroatoms. The highest BCUT2D eigenvalue weighted by Gasteiger charge is 2.13. The third-order valence-corrected chi connectivity index (χ3v) is 3.69. The molecule has 0 atom stereocenters. The summed E-state index contributed by atoms with van der Waals surface area (Å²) in [6.07, 6.45) is 0. The van der Waals surface area contributed by atoms with E-state index >= 15 is 0 Å². The zero-order chi connectivity index (χ0) is 14.7.